The summed E-state index contributed by atoms with van der Waals surface area (Å²) in [4.78, 5) is 37.8. The molecule has 0 aromatic carbocycles. The number of aliphatic hydroxyl groups excluding tert-OH is 1. The fraction of sp³-hybridized carbons (Fsp3) is 0.870. The third-order valence-electron chi connectivity index (χ3n) is 6.29. The lowest BCUT2D eigenvalue weighted by Gasteiger charge is -2.27. The number of Topliss-reactive ketones (excluding diaryl/α,β-unsaturated/α-hetero) is 2. The molecule has 0 bridgehead atoms. The highest BCUT2D eigenvalue weighted by molar-refractivity contribution is 5.92. The van der Waals surface area contributed by atoms with Gasteiger partial charge in [-0.05, 0) is 44.7 Å². The van der Waals surface area contributed by atoms with E-state index in [2.05, 4.69) is 5.32 Å². The summed E-state index contributed by atoms with van der Waals surface area (Å²) in [7, 11) is 0. The maximum Gasteiger partial charge on any atom is 0.226 e. The largest absolute Gasteiger partial charge is 0.393 e. The van der Waals surface area contributed by atoms with E-state index in [0.29, 0.717) is 25.3 Å². The Morgan fingerprint density at radius 1 is 1.03 bits per heavy atom. The van der Waals surface area contributed by atoms with E-state index in [-0.39, 0.29) is 36.4 Å². The number of carbonyl (C=O) groups is 3. The third-order valence-corrected chi connectivity index (χ3v) is 6.29. The molecule has 1 amide bonds. The van der Waals surface area contributed by atoms with Crippen molar-refractivity contribution in [3.8, 4) is 0 Å². The lowest BCUT2D eigenvalue weighted by Crippen LogP contribution is -2.48. The lowest BCUT2D eigenvalue weighted by molar-refractivity contribution is -0.136. The van der Waals surface area contributed by atoms with E-state index in [4.69, 9.17) is 11.5 Å². The summed E-state index contributed by atoms with van der Waals surface area (Å²) >= 11 is 0. The van der Waals surface area contributed by atoms with Gasteiger partial charge < -0.3 is 21.9 Å². The van der Waals surface area contributed by atoms with E-state index in [1.807, 2.05) is 0 Å². The van der Waals surface area contributed by atoms with Crippen LogP contribution in [0.1, 0.15) is 78.6 Å². The minimum Gasteiger partial charge on any atom is -0.393 e. The standard InChI is InChI=1S/C23H43N3O4/c1-15(2)22(29)21(9-10-24)26-23(30)20(16(3)27)13-19(28)12-18(14-25)11-17-7-5-4-6-8-17/h15-18,20-21,27H,4-14,24-25H2,1-3H3,(H,26,30)/t16?,18?,20-,21-/m0/s1. The molecular weight excluding hydrogens is 382 g/mol. The van der Waals surface area contributed by atoms with Gasteiger partial charge >= 0.3 is 0 Å². The normalized spacial score (nSPS) is 19.2. The maximum atomic E-state index is 12.8. The Morgan fingerprint density at radius 2 is 1.67 bits per heavy atom. The van der Waals surface area contributed by atoms with Crippen LogP contribution in [0.15, 0.2) is 0 Å². The van der Waals surface area contributed by atoms with Gasteiger partial charge in [-0.15, -0.1) is 0 Å². The van der Waals surface area contributed by atoms with Crippen molar-refractivity contribution in [1.29, 1.82) is 0 Å². The predicted octanol–water partition coefficient (Wildman–Crippen LogP) is 1.94. The average Bonchev–Trinajstić information content (AvgIpc) is 2.70. The molecule has 0 radical (unpaired) electrons. The van der Waals surface area contributed by atoms with E-state index < -0.39 is 24.0 Å². The van der Waals surface area contributed by atoms with Crippen molar-refractivity contribution in [3.63, 3.8) is 0 Å². The minimum atomic E-state index is -0.990. The van der Waals surface area contributed by atoms with Crippen molar-refractivity contribution in [2.45, 2.75) is 90.7 Å². The molecular formula is C23H43N3O4. The first-order chi connectivity index (χ1) is 14.2. The maximum absolute atomic E-state index is 12.8. The molecule has 6 N–H and O–H groups in total. The van der Waals surface area contributed by atoms with Crippen LogP contribution in [0, 0.1) is 23.7 Å². The number of hydrogen-bond acceptors (Lipinski definition) is 6. The Labute approximate surface area is 181 Å². The second kappa shape index (κ2) is 13.9. The molecule has 1 fully saturated rings. The molecule has 0 saturated heterocycles. The summed E-state index contributed by atoms with van der Waals surface area (Å²) in [5.41, 5.74) is 11.5. The highest BCUT2D eigenvalue weighted by atomic mass is 16.3. The summed E-state index contributed by atoms with van der Waals surface area (Å²) < 4.78 is 0. The molecule has 2 unspecified atom stereocenters. The molecule has 30 heavy (non-hydrogen) atoms. The topological polar surface area (TPSA) is 136 Å². The number of amides is 1. The summed E-state index contributed by atoms with van der Waals surface area (Å²) in [6, 6.07) is -0.693. The Balaban J connectivity index is 2.68. The Kier molecular flexibility index (Phi) is 12.4. The molecule has 0 aliphatic heterocycles. The molecule has 0 heterocycles. The molecule has 1 aliphatic carbocycles. The lowest BCUT2D eigenvalue weighted by atomic mass is 9.80. The van der Waals surface area contributed by atoms with Crippen LogP contribution in [0.25, 0.3) is 0 Å². The van der Waals surface area contributed by atoms with Crippen LogP contribution < -0.4 is 16.8 Å². The van der Waals surface area contributed by atoms with Gasteiger partial charge in [0.05, 0.1) is 18.1 Å². The monoisotopic (exact) mass is 425 g/mol. The summed E-state index contributed by atoms with van der Waals surface area (Å²) in [5, 5.41) is 12.8. The molecule has 0 spiro atoms. The van der Waals surface area contributed by atoms with Gasteiger partial charge in [-0.2, -0.15) is 0 Å². The second-order valence-electron chi connectivity index (χ2n) is 9.33. The first kappa shape index (κ1) is 26.7. The van der Waals surface area contributed by atoms with E-state index in [9.17, 15) is 19.5 Å². The van der Waals surface area contributed by atoms with Gasteiger partial charge in [-0.25, -0.2) is 0 Å². The van der Waals surface area contributed by atoms with Crippen molar-refractivity contribution in [2.75, 3.05) is 13.1 Å². The van der Waals surface area contributed by atoms with Crippen molar-refractivity contribution in [1.82, 2.24) is 5.32 Å². The SMILES string of the molecule is CC(C)C(=O)[C@H](CCN)NC(=O)[C@@H](CC(=O)CC(CN)CC1CCCCC1)C(C)O. The van der Waals surface area contributed by atoms with Gasteiger partial charge in [-0.3, -0.25) is 14.4 Å². The molecule has 1 rings (SSSR count). The van der Waals surface area contributed by atoms with Gasteiger partial charge in [-0.1, -0.05) is 46.0 Å². The van der Waals surface area contributed by atoms with Gasteiger partial charge in [0.2, 0.25) is 5.91 Å². The molecule has 0 aromatic rings. The zero-order valence-corrected chi connectivity index (χ0v) is 19.1. The molecule has 4 atom stereocenters. The second-order valence-corrected chi connectivity index (χ2v) is 9.33. The average molecular weight is 426 g/mol. The first-order valence-electron chi connectivity index (χ1n) is 11.6. The number of rotatable bonds is 14. The van der Waals surface area contributed by atoms with E-state index in [0.717, 1.165) is 6.42 Å². The van der Waals surface area contributed by atoms with Gasteiger partial charge in [0, 0.05) is 18.8 Å². The number of nitrogens with one attached hydrogen (secondary N) is 1. The Hall–Kier alpha value is -1.31. The van der Waals surface area contributed by atoms with Crippen LogP contribution >= 0.6 is 0 Å². The molecule has 174 valence electrons. The molecule has 1 saturated carbocycles. The van der Waals surface area contributed by atoms with Crippen LogP contribution in [0.4, 0.5) is 0 Å². The Bertz CT molecular complexity index is 545. The van der Waals surface area contributed by atoms with Crippen molar-refractivity contribution >= 4 is 17.5 Å². The summed E-state index contributed by atoms with van der Waals surface area (Å²) in [5.74, 6) is -0.999. The molecule has 7 heteroatoms. The Morgan fingerprint density at radius 3 is 2.17 bits per heavy atom. The van der Waals surface area contributed by atoms with Crippen LogP contribution in [-0.4, -0.2) is 47.8 Å². The zero-order chi connectivity index (χ0) is 22.7. The van der Waals surface area contributed by atoms with Crippen LogP contribution in [0.5, 0.6) is 0 Å². The third kappa shape index (κ3) is 9.23. The molecule has 0 aromatic heterocycles. The van der Waals surface area contributed by atoms with E-state index >= 15 is 0 Å². The zero-order valence-electron chi connectivity index (χ0n) is 19.1. The summed E-state index contributed by atoms with van der Waals surface area (Å²) in [6.45, 7) is 5.76. The number of ketones is 2. The van der Waals surface area contributed by atoms with E-state index in [1.165, 1.54) is 39.0 Å². The fourth-order valence-electron chi connectivity index (χ4n) is 4.42. The van der Waals surface area contributed by atoms with Gasteiger partial charge in [0.25, 0.3) is 0 Å². The highest BCUT2D eigenvalue weighted by Gasteiger charge is 2.31. The summed E-state index contributed by atoms with van der Waals surface area (Å²) in [6.07, 6.45) is 6.78. The van der Waals surface area contributed by atoms with Gasteiger partial charge in [0.15, 0.2) is 5.78 Å². The van der Waals surface area contributed by atoms with Crippen LogP contribution in [0.3, 0.4) is 0 Å². The minimum absolute atomic E-state index is 0.0458. The molecule has 7 nitrogen and oxygen atoms in total. The van der Waals surface area contributed by atoms with E-state index in [1.54, 1.807) is 13.8 Å². The quantitative estimate of drug-likeness (QED) is 0.336. The van der Waals surface area contributed by atoms with Gasteiger partial charge in [0.1, 0.15) is 5.78 Å². The number of carbonyl (C=O) groups excluding carboxylic acids is 3. The highest BCUT2D eigenvalue weighted by Crippen LogP contribution is 2.30. The smallest absolute Gasteiger partial charge is 0.226 e. The first-order valence-corrected chi connectivity index (χ1v) is 11.6. The predicted molar refractivity (Wildman–Crippen MR) is 119 cm³/mol. The van der Waals surface area contributed by atoms with Crippen molar-refractivity contribution in [3.05, 3.63) is 0 Å². The van der Waals surface area contributed by atoms with Crippen LogP contribution in [-0.2, 0) is 14.4 Å². The number of hydrogen-bond donors (Lipinski definition) is 4. The molecule has 1 aliphatic rings. The van der Waals surface area contributed by atoms with Crippen LogP contribution in [0.2, 0.25) is 0 Å². The van der Waals surface area contributed by atoms with Crippen molar-refractivity contribution in [2.24, 2.45) is 35.1 Å². The van der Waals surface area contributed by atoms with Crippen molar-refractivity contribution < 1.29 is 19.5 Å². The number of aliphatic hydroxyl groups is 1. The number of nitrogens with two attached hydrogens (primary N) is 2. The fourth-order valence-corrected chi connectivity index (χ4v) is 4.42.